The van der Waals surface area contributed by atoms with Crippen molar-refractivity contribution in [2.24, 2.45) is 4.99 Å². The van der Waals surface area contributed by atoms with Crippen molar-refractivity contribution < 1.29 is 9.53 Å². The van der Waals surface area contributed by atoms with Crippen molar-refractivity contribution in [3.8, 4) is 5.75 Å². The molecule has 6 heteroatoms. The van der Waals surface area contributed by atoms with E-state index in [9.17, 15) is 4.79 Å². The normalized spacial score (nSPS) is 12.2. The SMILES string of the molecule is COc1ccc(C(C)CCNC(=NCC(=O)N(C)C)NCCc2ccccc2)cc1. The monoisotopic (exact) mass is 410 g/mol. The number of nitrogens with one attached hydrogen (secondary N) is 2. The number of ether oxygens (including phenoxy) is 1. The predicted molar refractivity (Wildman–Crippen MR) is 123 cm³/mol. The topological polar surface area (TPSA) is 66.0 Å². The van der Waals surface area contributed by atoms with Gasteiger partial charge in [0, 0.05) is 27.2 Å². The van der Waals surface area contributed by atoms with Crippen LogP contribution in [0.15, 0.2) is 59.6 Å². The highest BCUT2D eigenvalue weighted by atomic mass is 16.5. The van der Waals surface area contributed by atoms with Crippen LogP contribution >= 0.6 is 0 Å². The third-order valence-corrected chi connectivity index (χ3v) is 4.97. The maximum atomic E-state index is 11.9. The summed E-state index contributed by atoms with van der Waals surface area (Å²) < 4.78 is 5.23. The number of methoxy groups -OCH3 is 1. The van der Waals surface area contributed by atoms with Crippen LogP contribution in [-0.2, 0) is 11.2 Å². The highest BCUT2D eigenvalue weighted by molar-refractivity contribution is 5.84. The summed E-state index contributed by atoms with van der Waals surface area (Å²) in [6.07, 6.45) is 1.85. The maximum absolute atomic E-state index is 11.9. The first-order valence-electron chi connectivity index (χ1n) is 10.4. The zero-order chi connectivity index (χ0) is 21.8. The molecule has 2 aromatic carbocycles. The molecule has 162 valence electrons. The molecular formula is C24H34N4O2. The van der Waals surface area contributed by atoms with Crippen molar-refractivity contribution in [2.45, 2.75) is 25.7 Å². The van der Waals surface area contributed by atoms with Crippen LogP contribution in [-0.4, -0.2) is 57.6 Å². The van der Waals surface area contributed by atoms with Crippen molar-refractivity contribution >= 4 is 11.9 Å². The van der Waals surface area contributed by atoms with Gasteiger partial charge in [-0.25, -0.2) is 4.99 Å². The van der Waals surface area contributed by atoms with Gasteiger partial charge in [0.25, 0.3) is 0 Å². The molecule has 0 saturated heterocycles. The summed E-state index contributed by atoms with van der Waals surface area (Å²) in [6.45, 7) is 3.85. The van der Waals surface area contributed by atoms with E-state index in [0.29, 0.717) is 11.9 Å². The van der Waals surface area contributed by atoms with E-state index < -0.39 is 0 Å². The minimum Gasteiger partial charge on any atom is -0.497 e. The van der Waals surface area contributed by atoms with Gasteiger partial charge in [0.15, 0.2) is 5.96 Å². The number of hydrogen-bond acceptors (Lipinski definition) is 3. The zero-order valence-electron chi connectivity index (χ0n) is 18.5. The summed E-state index contributed by atoms with van der Waals surface area (Å²) >= 11 is 0. The number of rotatable bonds is 10. The number of carbonyl (C=O) groups is 1. The van der Waals surface area contributed by atoms with E-state index in [2.05, 4.69) is 46.8 Å². The Balaban J connectivity index is 1.87. The maximum Gasteiger partial charge on any atom is 0.243 e. The number of benzene rings is 2. The van der Waals surface area contributed by atoms with Crippen LogP contribution in [0.1, 0.15) is 30.4 Å². The van der Waals surface area contributed by atoms with Crippen molar-refractivity contribution in [3.63, 3.8) is 0 Å². The van der Waals surface area contributed by atoms with Gasteiger partial charge in [0.1, 0.15) is 12.3 Å². The summed E-state index contributed by atoms with van der Waals surface area (Å²) in [5, 5.41) is 6.71. The number of guanidine groups is 1. The third kappa shape index (κ3) is 8.15. The second kappa shape index (κ2) is 12.5. The van der Waals surface area contributed by atoms with Crippen LogP contribution < -0.4 is 15.4 Å². The summed E-state index contributed by atoms with van der Waals surface area (Å²) in [5.41, 5.74) is 2.54. The molecule has 2 rings (SSSR count). The molecule has 30 heavy (non-hydrogen) atoms. The van der Waals surface area contributed by atoms with E-state index >= 15 is 0 Å². The lowest BCUT2D eigenvalue weighted by Crippen LogP contribution is -2.40. The van der Waals surface area contributed by atoms with E-state index in [4.69, 9.17) is 4.74 Å². The summed E-state index contributed by atoms with van der Waals surface area (Å²) in [4.78, 5) is 17.9. The molecule has 0 heterocycles. The Morgan fingerprint density at radius 2 is 1.70 bits per heavy atom. The predicted octanol–water partition coefficient (Wildman–Crippen LogP) is 3.05. The van der Waals surface area contributed by atoms with Gasteiger partial charge in [-0.2, -0.15) is 0 Å². The fourth-order valence-electron chi connectivity index (χ4n) is 2.94. The Hall–Kier alpha value is -3.02. The quantitative estimate of drug-likeness (QED) is 0.467. The number of nitrogens with zero attached hydrogens (tertiary/aromatic N) is 2. The average Bonchev–Trinajstić information content (AvgIpc) is 2.77. The summed E-state index contributed by atoms with van der Waals surface area (Å²) in [5.74, 6) is 1.91. The second-order valence-corrected chi connectivity index (χ2v) is 7.51. The highest BCUT2D eigenvalue weighted by Crippen LogP contribution is 2.21. The summed E-state index contributed by atoms with van der Waals surface area (Å²) in [7, 11) is 5.16. The highest BCUT2D eigenvalue weighted by Gasteiger charge is 2.08. The van der Waals surface area contributed by atoms with Crippen LogP contribution in [0, 0.1) is 0 Å². The molecule has 0 spiro atoms. The largest absolute Gasteiger partial charge is 0.497 e. The molecule has 0 aliphatic heterocycles. The lowest BCUT2D eigenvalue weighted by Gasteiger charge is -2.16. The van der Waals surface area contributed by atoms with E-state index in [1.54, 1.807) is 26.1 Å². The molecule has 0 radical (unpaired) electrons. The number of amides is 1. The van der Waals surface area contributed by atoms with Crippen molar-refractivity contribution in [3.05, 3.63) is 65.7 Å². The first-order valence-corrected chi connectivity index (χ1v) is 10.4. The molecule has 6 nitrogen and oxygen atoms in total. The van der Waals surface area contributed by atoms with Crippen molar-refractivity contribution in [2.75, 3.05) is 40.8 Å². The van der Waals surface area contributed by atoms with Gasteiger partial charge in [0.2, 0.25) is 5.91 Å². The first-order chi connectivity index (χ1) is 14.5. The molecule has 0 aromatic heterocycles. The van der Waals surface area contributed by atoms with Gasteiger partial charge in [-0.1, -0.05) is 49.4 Å². The average molecular weight is 411 g/mol. The fraction of sp³-hybridized carbons (Fsp3) is 0.417. The Kier molecular flexibility index (Phi) is 9.71. The van der Waals surface area contributed by atoms with Gasteiger partial charge >= 0.3 is 0 Å². The third-order valence-electron chi connectivity index (χ3n) is 4.97. The molecular weight excluding hydrogens is 376 g/mol. The standard InChI is InChI=1S/C24H34N4O2/c1-19(21-10-12-22(30-4)13-11-21)14-16-25-24(27-18-23(29)28(2)3)26-17-15-20-8-6-5-7-9-20/h5-13,19H,14-18H2,1-4H3,(H2,25,26,27). The molecule has 1 atom stereocenters. The lowest BCUT2D eigenvalue weighted by atomic mass is 9.98. The molecule has 0 saturated carbocycles. The molecule has 0 aliphatic carbocycles. The first kappa shape index (κ1) is 23.3. The Morgan fingerprint density at radius 3 is 2.33 bits per heavy atom. The molecule has 0 fully saturated rings. The van der Waals surface area contributed by atoms with Crippen molar-refractivity contribution in [1.82, 2.24) is 15.5 Å². The summed E-state index contributed by atoms with van der Waals surface area (Å²) in [6, 6.07) is 18.5. The van der Waals surface area contributed by atoms with E-state index in [1.165, 1.54) is 11.1 Å². The van der Waals surface area contributed by atoms with E-state index in [0.717, 1.165) is 31.7 Å². The van der Waals surface area contributed by atoms with Gasteiger partial charge < -0.3 is 20.3 Å². The number of likely N-dealkylation sites (N-methyl/N-ethyl adjacent to an activating group) is 1. The number of carbonyl (C=O) groups excluding carboxylic acids is 1. The van der Waals surface area contributed by atoms with Gasteiger partial charge in [-0.05, 0) is 42.0 Å². The Labute approximate surface area is 180 Å². The van der Waals surface area contributed by atoms with E-state index in [-0.39, 0.29) is 12.5 Å². The second-order valence-electron chi connectivity index (χ2n) is 7.51. The van der Waals surface area contributed by atoms with Crippen molar-refractivity contribution in [1.29, 1.82) is 0 Å². The smallest absolute Gasteiger partial charge is 0.243 e. The number of hydrogen-bond donors (Lipinski definition) is 2. The van der Waals surface area contributed by atoms with Gasteiger partial charge in [-0.3, -0.25) is 4.79 Å². The van der Waals surface area contributed by atoms with Crippen LogP contribution in [0.3, 0.4) is 0 Å². The minimum atomic E-state index is -0.0224. The zero-order valence-corrected chi connectivity index (χ0v) is 18.5. The number of aliphatic imine (C=N–C) groups is 1. The Morgan fingerprint density at radius 1 is 1.03 bits per heavy atom. The molecule has 0 bridgehead atoms. The van der Waals surface area contributed by atoms with Gasteiger partial charge in [-0.15, -0.1) is 0 Å². The van der Waals surface area contributed by atoms with E-state index in [1.807, 2.05) is 30.3 Å². The molecule has 2 aromatic rings. The van der Waals surface area contributed by atoms with Crippen LogP contribution in [0.25, 0.3) is 0 Å². The Bertz CT molecular complexity index is 789. The molecule has 1 amide bonds. The van der Waals surface area contributed by atoms with Crippen LogP contribution in [0.5, 0.6) is 5.75 Å². The van der Waals surface area contributed by atoms with Crippen LogP contribution in [0.2, 0.25) is 0 Å². The molecule has 0 aliphatic rings. The lowest BCUT2D eigenvalue weighted by molar-refractivity contribution is -0.127. The molecule has 1 unspecified atom stereocenters. The van der Waals surface area contributed by atoms with Crippen LogP contribution in [0.4, 0.5) is 0 Å². The molecule has 2 N–H and O–H groups in total. The van der Waals surface area contributed by atoms with Gasteiger partial charge in [0.05, 0.1) is 7.11 Å². The minimum absolute atomic E-state index is 0.0224. The fourth-order valence-corrected chi connectivity index (χ4v) is 2.94.